The van der Waals surface area contributed by atoms with Crippen LogP contribution in [0, 0.1) is 6.92 Å². The van der Waals surface area contributed by atoms with E-state index >= 15 is 0 Å². The standard InChI is InChI=1S/C23H24N2O3/c1-16-7-6-8-20(15-16)28-19-13-11-18(12-14-19)24-17(2)23(26)25-21-9-4-5-10-22(21)27-3/h4-15,17,24H,1-3H3,(H,25,26)/t17-/m0/s1. The summed E-state index contributed by atoms with van der Waals surface area (Å²) in [6.45, 7) is 3.83. The maximum atomic E-state index is 12.5. The number of methoxy groups -OCH3 is 1. The Labute approximate surface area is 165 Å². The fraction of sp³-hybridized carbons (Fsp3) is 0.174. The molecule has 3 rings (SSSR count). The van der Waals surface area contributed by atoms with E-state index in [1.165, 1.54) is 0 Å². The van der Waals surface area contributed by atoms with Crippen molar-refractivity contribution in [3.8, 4) is 17.2 Å². The van der Waals surface area contributed by atoms with Crippen LogP contribution in [0.15, 0.2) is 72.8 Å². The lowest BCUT2D eigenvalue weighted by Gasteiger charge is -2.17. The number of anilines is 2. The molecule has 0 unspecified atom stereocenters. The molecule has 3 aromatic carbocycles. The molecule has 0 saturated carbocycles. The van der Waals surface area contributed by atoms with Crippen molar-refractivity contribution in [1.29, 1.82) is 0 Å². The van der Waals surface area contributed by atoms with Gasteiger partial charge in [0.15, 0.2) is 0 Å². The number of amides is 1. The molecule has 1 atom stereocenters. The van der Waals surface area contributed by atoms with Gasteiger partial charge in [-0.3, -0.25) is 4.79 Å². The molecule has 5 nitrogen and oxygen atoms in total. The van der Waals surface area contributed by atoms with Gasteiger partial charge in [-0.2, -0.15) is 0 Å². The van der Waals surface area contributed by atoms with Crippen LogP contribution >= 0.6 is 0 Å². The zero-order chi connectivity index (χ0) is 19.9. The predicted octanol–water partition coefficient (Wildman–Crippen LogP) is 5.24. The summed E-state index contributed by atoms with van der Waals surface area (Å²) in [5, 5.41) is 6.07. The molecular formula is C23H24N2O3. The maximum Gasteiger partial charge on any atom is 0.246 e. The highest BCUT2D eigenvalue weighted by atomic mass is 16.5. The second kappa shape index (κ2) is 8.95. The number of nitrogens with one attached hydrogen (secondary N) is 2. The van der Waals surface area contributed by atoms with Crippen molar-refractivity contribution in [2.24, 2.45) is 0 Å². The topological polar surface area (TPSA) is 59.6 Å². The van der Waals surface area contributed by atoms with Crippen LogP contribution in [0.2, 0.25) is 0 Å². The van der Waals surface area contributed by atoms with Gasteiger partial charge >= 0.3 is 0 Å². The zero-order valence-electron chi connectivity index (χ0n) is 16.2. The van der Waals surface area contributed by atoms with E-state index in [1.807, 2.05) is 74.5 Å². The smallest absolute Gasteiger partial charge is 0.246 e. The summed E-state index contributed by atoms with van der Waals surface area (Å²) in [5.41, 5.74) is 2.62. The van der Waals surface area contributed by atoms with E-state index in [0.29, 0.717) is 11.4 Å². The molecule has 0 aliphatic rings. The van der Waals surface area contributed by atoms with Crippen LogP contribution in [0.1, 0.15) is 12.5 Å². The number of ether oxygens (including phenoxy) is 2. The highest BCUT2D eigenvalue weighted by Gasteiger charge is 2.14. The molecule has 0 aliphatic heterocycles. The lowest BCUT2D eigenvalue weighted by molar-refractivity contribution is -0.116. The monoisotopic (exact) mass is 376 g/mol. The summed E-state index contributed by atoms with van der Waals surface area (Å²) >= 11 is 0. The molecule has 1 amide bonds. The largest absolute Gasteiger partial charge is 0.495 e. The second-order valence-electron chi connectivity index (χ2n) is 6.50. The lowest BCUT2D eigenvalue weighted by atomic mass is 10.2. The Bertz CT molecular complexity index is 939. The molecule has 0 heterocycles. The quantitative estimate of drug-likeness (QED) is 0.592. The van der Waals surface area contributed by atoms with Gasteiger partial charge in [-0.05, 0) is 67.9 Å². The minimum Gasteiger partial charge on any atom is -0.495 e. The molecule has 144 valence electrons. The Morgan fingerprint density at radius 3 is 2.39 bits per heavy atom. The van der Waals surface area contributed by atoms with Gasteiger partial charge in [0, 0.05) is 5.69 Å². The Balaban J connectivity index is 1.59. The highest BCUT2D eigenvalue weighted by Crippen LogP contribution is 2.25. The summed E-state index contributed by atoms with van der Waals surface area (Å²) in [6, 6.07) is 22.3. The summed E-state index contributed by atoms with van der Waals surface area (Å²) < 4.78 is 11.1. The van der Waals surface area contributed by atoms with Crippen molar-refractivity contribution < 1.29 is 14.3 Å². The number of aryl methyl sites for hydroxylation is 1. The first kappa shape index (κ1) is 19.3. The van der Waals surface area contributed by atoms with E-state index in [1.54, 1.807) is 19.2 Å². The minimum atomic E-state index is -0.423. The van der Waals surface area contributed by atoms with Gasteiger partial charge in [-0.25, -0.2) is 0 Å². The van der Waals surface area contributed by atoms with E-state index in [0.717, 1.165) is 22.7 Å². The molecule has 2 N–H and O–H groups in total. The Morgan fingerprint density at radius 2 is 1.68 bits per heavy atom. The van der Waals surface area contributed by atoms with Crippen molar-refractivity contribution in [3.63, 3.8) is 0 Å². The van der Waals surface area contributed by atoms with Crippen molar-refractivity contribution >= 4 is 17.3 Å². The first-order chi connectivity index (χ1) is 13.5. The van der Waals surface area contributed by atoms with E-state index in [4.69, 9.17) is 9.47 Å². The van der Waals surface area contributed by atoms with E-state index in [2.05, 4.69) is 10.6 Å². The van der Waals surface area contributed by atoms with Crippen LogP contribution in [0.3, 0.4) is 0 Å². The zero-order valence-corrected chi connectivity index (χ0v) is 16.2. The first-order valence-electron chi connectivity index (χ1n) is 9.10. The molecule has 0 fully saturated rings. The lowest BCUT2D eigenvalue weighted by Crippen LogP contribution is -2.31. The SMILES string of the molecule is COc1ccccc1NC(=O)[C@H](C)Nc1ccc(Oc2cccc(C)c2)cc1. The summed E-state index contributed by atoms with van der Waals surface area (Å²) in [5.74, 6) is 2.01. The van der Waals surface area contributed by atoms with Crippen molar-refractivity contribution in [3.05, 3.63) is 78.4 Å². The number of hydrogen-bond acceptors (Lipinski definition) is 4. The molecule has 0 spiro atoms. The van der Waals surface area contributed by atoms with Crippen LogP contribution < -0.4 is 20.1 Å². The fourth-order valence-corrected chi connectivity index (χ4v) is 2.74. The molecule has 28 heavy (non-hydrogen) atoms. The first-order valence-corrected chi connectivity index (χ1v) is 9.10. The highest BCUT2D eigenvalue weighted by molar-refractivity contribution is 5.97. The van der Waals surface area contributed by atoms with E-state index < -0.39 is 6.04 Å². The average molecular weight is 376 g/mol. The molecular weight excluding hydrogens is 352 g/mol. The number of hydrogen-bond donors (Lipinski definition) is 2. The summed E-state index contributed by atoms with van der Waals surface area (Å²) in [7, 11) is 1.58. The van der Waals surface area contributed by atoms with Gasteiger partial charge in [-0.1, -0.05) is 24.3 Å². The van der Waals surface area contributed by atoms with Crippen LogP contribution in [-0.2, 0) is 4.79 Å². The van der Waals surface area contributed by atoms with Gasteiger partial charge < -0.3 is 20.1 Å². The summed E-state index contributed by atoms with van der Waals surface area (Å²) in [4.78, 5) is 12.5. The third-order valence-electron chi connectivity index (χ3n) is 4.22. The fourth-order valence-electron chi connectivity index (χ4n) is 2.74. The second-order valence-corrected chi connectivity index (χ2v) is 6.50. The Kier molecular flexibility index (Phi) is 6.17. The normalized spacial score (nSPS) is 11.4. The average Bonchev–Trinajstić information content (AvgIpc) is 2.70. The van der Waals surface area contributed by atoms with E-state index in [-0.39, 0.29) is 5.91 Å². The molecule has 0 radical (unpaired) electrons. The van der Waals surface area contributed by atoms with Crippen molar-refractivity contribution in [2.45, 2.75) is 19.9 Å². The number of carbonyl (C=O) groups is 1. The third kappa shape index (κ3) is 5.04. The molecule has 5 heteroatoms. The van der Waals surface area contributed by atoms with Crippen LogP contribution in [0.4, 0.5) is 11.4 Å². The Morgan fingerprint density at radius 1 is 0.929 bits per heavy atom. The van der Waals surface area contributed by atoms with Crippen LogP contribution in [-0.4, -0.2) is 19.1 Å². The van der Waals surface area contributed by atoms with Gasteiger partial charge in [0.25, 0.3) is 0 Å². The molecule has 0 bridgehead atoms. The van der Waals surface area contributed by atoms with Gasteiger partial charge in [-0.15, -0.1) is 0 Å². The molecule has 3 aromatic rings. The van der Waals surface area contributed by atoms with E-state index in [9.17, 15) is 4.79 Å². The molecule has 0 aliphatic carbocycles. The van der Waals surface area contributed by atoms with Gasteiger partial charge in [0.2, 0.25) is 5.91 Å². The number of rotatable bonds is 7. The van der Waals surface area contributed by atoms with Gasteiger partial charge in [0.1, 0.15) is 23.3 Å². The van der Waals surface area contributed by atoms with Gasteiger partial charge in [0.05, 0.1) is 12.8 Å². The number of benzene rings is 3. The summed E-state index contributed by atoms with van der Waals surface area (Å²) in [6.07, 6.45) is 0. The van der Waals surface area contributed by atoms with Crippen LogP contribution in [0.25, 0.3) is 0 Å². The van der Waals surface area contributed by atoms with Crippen molar-refractivity contribution in [1.82, 2.24) is 0 Å². The molecule has 0 saturated heterocycles. The van der Waals surface area contributed by atoms with Crippen LogP contribution in [0.5, 0.6) is 17.2 Å². The minimum absolute atomic E-state index is 0.149. The predicted molar refractivity (Wildman–Crippen MR) is 112 cm³/mol. The Hall–Kier alpha value is -3.47. The third-order valence-corrected chi connectivity index (χ3v) is 4.22. The number of para-hydroxylation sites is 2. The van der Waals surface area contributed by atoms with Crippen molar-refractivity contribution in [2.75, 3.05) is 17.7 Å². The molecule has 0 aromatic heterocycles. The maximum absolute atomic E-state index is 12.5. The number of carbonyl (C=O) groups excluding carboxylic acids is 1.